The molecular formula is C40H45N13O7. The number of carbonyl (C=O) groups excluding carboxylic acids is 1. The number of aliphatic hydroxyl groups excluding tert-OH is 2. The van der Waals surface area contributed by atoms with E-state index in [0.717, 1.165) is 30.0 Å². The number of phenols is 2. The van der Waals surface area contributed by atoms with Crippen LogP contribution in [0.2, 0.25) is 0 Å². The molecule has 4 aromatic heterocycles. The lowest BCUT2D eigenvalue weighted by molar-refractivity contribution is -0.0384. The van der Waals surface area contributed by atoms with E-state index in [0.29, 0.717) is 74.3 Å². The Morgan fingerprint density at radius 3 is 2.30 bits per heavy atom. The molecule has 3 aliphatic heterocycles. The number of amides is 1. The van der Waals surface area contributed by atoms with Crippen molar-refractivity contribution in [2.75, 3.05) is 61.1 Å². The molecule has 1 amide bonds. The molecule has 0 spiro atoms. The number of carbonyl (C=O) groups is 1. The van der Waals surface area contributed by atoms with Crippen molar-refractivity contribution < 1.29 is 34.7 Å². The third-order valence-corrected chi connectivity index (χ3v) is 11.1. The number of nitrogens with one attached hydrogen (secondary N) is 2. The first-order valence-electron chi connectivity index (χ1n) is 19.9. The Balaban J connectivity index is 1.00. The lowest BCUT2D eigenvalue weighted by Crippen LogP contribution is -2.38. The fourth-order valence-corrected chi connectivity index (χ4v) is 7.83. The second-order valence-electron chi connectivity index (χ2n) is 15.0. The quantitative estimate of drug-likeness (QED) is 0.103. The molecule has 20 nitrogen and oxygen atoms in total. The third-order valence-electron chi connectivity index (χ3n) is 11.1. The maximum Gasteiger partial charge on any atom is 0.253 e. The summed E-state index contributed by atoms with van der Waals surface area (Å²) in [6, 6.07) is 17.3. The van der Waals surface area contributed by atoms with Gasteiger partial charge in [-0.1, -0.05) is 24.3 Å². The van der Waals surface area contributed by atoms with Crippen LogP contribution in [0.1, 0.15) is 58.9 Å². The summed E-state index contributed by atoms with van der Waals surface area (Å²) in [5.41, 5.74) is 2.98. The number of imidazole rings is 1. The highest BCUT2D eigenvalue weighted by Crippen LogP contribution is 2.39. The predicted molar refractivity (Wildman–Crippen MR) is 216 cm³/mol. The molecule has 7 heterocycles. The third kappa shape index (κ3) is 7.84. The van der Waals surface area contributed by atoms with Gasteiger partial charge >= 0.3 is 0 Å². The van der Waals surface area contributed by atoms with Crippen molar-refractivity contribution >= 4 is 34.7 Å². The molecule has 9 rings (SSSR count). The number of hydrogen-bond acceptors (Lipinski definition) is 17. The molecule has 3 fully saturated rings. The van der Waals surface area contributed by atoms with Crippen LogP contribution in [0.5, 0.6) is 11.5 Å². The number of aromatic hydroxyl groups is 2. The monoisotopic (exact) mass is 819 g/mol. The van der Waals surface area contributed by atoms with Gasteiger partial charge < -0.3 is 50.3 Å². The molecule has 20 heteroatoms. The van der Waals surface area contributed by atoms with E-state index in [-0.39, 0.29) is 35.2 Å². The number of rotatable bonds is 12. The Morgan fingerprint density at radius 2 is 1.63 bits per heavy atom. The number of nitrogens with zero attached hydrogens (tertiary/aromatic N) is 11. The Labute approximate surface area is 343 Å². The van der Waals surface area contributed by atoms with E-state index in [2.05, 4.69) is 40.9 Å². The van der Waals surface area contributed by atoms with Crippen molar-refractivity contribution in [3.05, 3.63) is 95.7 Å². The Morgan fingerprint density at radius 1 is 0.900 bits per heavy atom. The van der Waals surface area contributed by atoms with Crippen LogP contribution in [0.3, 0.4) is 0 Å². The van der Waals surface area contributed by atoms with E-state index in [4.69, 9.17) is 19.4 Å². The summed E-state index contributed by atoms with van der Waals surface area (Å²) in [4.78, 5) is 38.0. The van der Waals surface area contributed by atoms with E-state index in [1.807, 2.05) is 42.2 Å². The smallest absolute Gasteiger partial charge is 0.253 e. The molecular weight excluding hydrogens is 775 g/mol. The minimum atomic E-state index is -1.40. The fourth-order valence-electron chi connectivity index (χ4n) is 7.83. The van der Waals surface area contributed by atoms with Crippen LogP contribution in [-0.2, 0) is 16.0 Å². The van der Waals surface area contributed by atoms with Crippen LogP contribution in [0.25, 0.3) is 11.2 Å². The number of aliphatic hydroxyl groups is 2. The molecule has 60 heavy (non-hydrogen) atoms. The highest BCUT2D eigenvalue weighted by molar-refractivity contribution is 5.94. The molecule has 0 radical (unpaired) electrons. The van der Waals surface area contributed by atoms with Gasteiger partial charge in [-0.15, -0.1) is 10.2 Å². The number of fused-ring (bicyclic) bond motifs is 1. The number of aromatic nitrogens is 9. The number of morpholine rings is 1. The van der Waals surface area contributed by atoms with Crippen molar-refractivity contribution in [3.8, 4) is 11.5 Å². The van der Waals surface area contributed by atoms with Gasteiger partial charge in [0.1, 0.15) is 29.5 Å². The normalized spacial score (nSPS) is 21.9. The standard InChI is InChI=1S/C40H45N13O7/c1-2-53-48-36(47-49-53)34-32(56)33(57)39(60-34)52-22-43-31-35(42-20-29(23-3-8-27(54)9-4-23)24-5-10-28(55)11-6-24)45-40(46-37(31)52)51-14-13-26(21-51)44-38(58)25-7-12-30(41-19-25)50-15-17-59-18-16-50/h3-12,19,22,26,29,32-34,39,54-57H,2,13-18,20-21H2,1H3,(H,44,58)(H,42,45,46)/t26-,32+,33-,34+,39-/m1/s1. The lowest BCUT2D eigenvalue weighted by atomic mass is 9.91. The second-order valence-corrected chi connectivity index (χ2v) is 15.0. The number of aryl methyl sites for hydroxylation is 1. The maximum absolute atomic E-state index is 13.4. The average Bonchev–Trinajstić information content (AvgIpc) is 4.10. The molecule has 6 N–H and O–H groups in total. The first-order chi connectivity index (χ1) is 29.2. The minimum Gasteiger partial charge on any atom is -0.508 e. The summed E-state index contributed by atoms with van der Waals surface area (Å²) >= 11 is 0. The van der Waals surface area contributed by atoms with Gasteiger partial charge in [0.15, 0.2) is 29.3 Å². The molecule has 0 aliphatic carbocycles. The van der Waals surface area contributed by atoms with Crippen LogP contribution in [0.4, 0.5) is 17.6 Å². The zero-order chi connectivity index (χ0) is 41.3. The number of phenolic OH excluding ortho intramolecular Hbond substituents is 2. The minimum absolute atomic E-state index is 0.136. The van der Waals surface area contributed by atoms with Crippen molar-refractivity contribution in [3.63, 3.8) is 0 Å². The van der Waals surface area contributed by atoms with E-state index >= 15 is 0 Å². The molecule has 5 atom stereocenters. The van der Waals surface area contributed by atoms with Gasteiger partial charge in [-0.2, -0.15) is 14.8 Å². The molecule has 3 saturated heterocycles. The molecule has 6 aromatic rings. The zero-order valence-corrected chi connectivity index (χ0v) is 32.7. The Kier molecular flexibility index (Phi) is 10.8. The molecule has 3 aliphatic rings. The number of hydrogen-bond donors (Lipinski definition) is 6. The van der Waals surface area contributed by atoms with Gasteiger partial charge in [0.25, 0.3) is 5.91 Å². The summed E-state index contributed by atoms with van der Waals surface area (Å²) in [5.74, 6) is 1.48. The van der Waals surface area contributed by atoms with E-state index in [1.165, 1.54) is 11.1 Å². The van der Waals surface area contributed by atoms with E-state index < -0.39 is 24.5 Å². The molecule has 0 saturated carbocycles. The first-order valence-corrected chi connectivity index (χ1v) is 19.9. The molecule has 0 bridgehead atoms. The summed E-state index contributed by atoms with van der Waals surface area (Å²) < 4.78 is 13.2. The number of ether oxygens (including phenoxy) is 2. The number of benzene rings is 2. The molecule has 312 valence electrons. The van der Waals surface area contributed by atoms with E-state index in [9.17, 15) is 25.2 Å². The second kappa shape index (κ2) is 16.6. The first kappa shape index (κ1) is 39.0. The fraction of sp³-hybridized carbons (Fsp3) is 0.400. The summed E-state index contributed by atoms with van der Waals surface area (Å²) in [7, 11) is 0. The summed E-state index contributed by atoms with van der Waals surface area (Å²) in [6.07, 6.45) is -1.24. The maximum atomic E-state index is 13.4. The van der Waals surface area contributed by atoms with Gasteiger partial charge in [-0.05, 0) is 66.1 Å². The van der Waals surface area contributed by atoms with Crippen molar-refractivity contribution in [2.24, 2.45) is 0 Å². The Hall–Kier alpha value is -6.48. The summed E-state index contributed by atoms with van der Waals surface area (Å²) in [6.45, 7) is 6.36. The SMILES string of the molecule is CCn1nnc([C@H]2O[C@@H](n3cnc4c(NCC(c5ccc(O)cc5)c5ccc(O)cc5)nc(N5CC[C@@H](NC(=O)c6ccc(N7CCOCC7)nc6)C5)nc43)[C@H](O)[C@@H]2O)n1. The number of pyridine rings is 1. The number of anilines is 3. The van der Waals surface area contributed by atoms with E-state index in [1.54, 1.807) is 41.1 Å². The Bertz CT molecular complexity index is 2380. The van der Waals surface area contributed by atoms with Gasteiger partial charge in [-0.3, -0.25) is 9.36 Å². The van der Waals surface area contributed by atoms with Crippen LogP contribution in [0.15, 0.2) is 73.2 Å². The van der Waals surface area contributed by atoms with Crippen LogP contribution in [-0.4, -0.2) is 135 Å². The van der Waals surface area contributed by atoms with Gasteiger partial charge in [-0.25, -0.2) is 9.97 Å². The largest absolute Gasteiger partial charge is 0.508 e. The summed E-state index contributed by atoms with van der Waals surface area (Å²) in [5, 5.41) is 61.5. The highest BCUT2D eigenvalue weighted by atomic mass is 16.6. The van der Waals surface area contributed by atoms with Crippen LogP contribution in [0, 0.1) is 0 Å². The topological polar surface area (TPSA) is 247 Å². The van der Waals surface area contributed by atoms with Crippen LogP contribution >= 0.6 is 0 Å². The van der Waals surface area contributed by atoms with Crippen molar-refractivity contribution in [2.45, 2.75) is 56.4 Å². The highest BCUT2D eigenvalue weighted by Gasteiger charge is 2.47. The van der Waals surface area contributed by atoms with Crippen LogP contribution < -0.4 is 20.4 Å². The predicted octanol–water partition coefficient (Wildman–Crippen LogP) is 1.72. The van der Waals surface area contributed by atoms with Crippen molar-refractivity contribution in [1.82, 2.24) is 50.0 Å². The lowest BCUT2D eigenvalue weighted by Gasteiger charge is -2.27. The van der Waals surface area contributed by atoms with Gasteiger partial charge in [0, 0.05) is 50.9 Å². The molecule has 0 unspecified atom stereocenters. The van der Waals surface area contributed by atoms with Gasteiger partial charge in [0.05, 0.1) is 31.6 Å². The average molecular weight is 820 g/mol. The zero-order valence-electron chi connectivity index (χ0n) is 32.7. The number of tetrazole rings is 1. The van der Waals surface area contributed by atoms with Crippen molar-refractivity contribution in [1.29, 1.82) is 0 Å². The van der Waals surface area contributed by atoms with Gasteiger partial charge in [0.2, 0.25) is 11.8 Å². The molecule has 2 aromatic carbocycles.